The molecule has 15 heteroatoms. The monoisotopic (exact) mass is 570 g/mol. The molecule has 0 aromatic carbocycles. The third kappa shape index (κ3) is 5.17. The normalized spacial score (nSPS) is 13.6. The zero-order valence-corrected chi connectivity index (χ0v) is 22.4. The molecule has 0 radical (unpaired) electrons. The molecular weight excluding hydrogens is 545 g/mol. The fourth-order valence-electron chi connectivity index (χ4n) is 4.63. The number of halogens is 3. The predicted molar refractivity (Wildman–Crippen MR) is 143 cm³/mol. The highest BCUT2D eigenvalue weighted by molar-refractivity contribution is 5.97. The minimum atomic E-state index is -4.57. The molecule has 0 fully saturated rings. The van der Waals surface area contributed by atoms with Gasteiger partial charge in [0.15, 0.2) is 0 Å². The summed E-state index contributed by atoms with van der Waals surface area (Å²) in [7, 11) is 1.51. The summed E-state index contributed by atoms with van der Waals surface area (Å²) in [5, 5.41) is 9.55. The Bertz CT molecular complexity index is 1780. The van der Waals surface area contributed by atoms with E-state index in [4.69, 9.17) is 4.52 Å². The number of amides is 1. The number of hydrogen-bond donors (Lipinski definition) is 2. The lowest BCUT2D eigenvalue weighted by atomic mass is 10.1. The molecule has 0 unspecified atom stereocenters. The van der Waals surface area contributed by atoms with Gasteiger partial charge in [-0.25, -0.2) is 9.78 Å². The van der Waals surface area contributed by atoms with Crippen LogP contribution in [0.3, 0.4) is 0 Å². The molecule has 12 nitrogen and oxygen atoms in total. The lowest BCUT2D eigenvalue weighted by Gasteiger charge is -2.24. The molecule has 0 saturated carbocycles. The first-order valence-corrected chi connectivity index (χ1v) is 12.4. The topological polar surface area (TPSA) is 140 Å². The van der Waals surface area contributed by atoms with E-state index in [1.165, 1.54) is 35.6 Å². The zero-order chi connectivity index (χ0) is 29.6. The number of nitrogens with one attached hydrogen (secondary N) is 2. The first kappa shape index (κ1) is 27.6. The molecule has 0 spiro atoms. The van der Waals surface area contributed by atoms with E-state index in [1.54, 1.807) is 32.0 Å². The van der Waals surface area contributed by atoms with Crippen LogP contribution in [0.2, 0.25) is 0 Å². The highest BCUT2D eigenvalue weighted by atomic mass is 19.4. The standard InChI is InChI=1S/C26H25F3N8O4/c1-13-8-16(10-30-21(13)26(27,28)29)18-6-5-7-19(32-18)33-23(38)15(3)37-12-31-22-20(37)24(39)36(25(40)35(22)4)11-17-9-14(2)41-34-17/h5-10,15,31H,11-12H2,1-4H3,(H,32,33,38)/t15-/m0/s1. The fraction of sp³-hybridized carbons (Fsp3) is 0.308. The molecule has 0 bridgehead atoms. The van der Waals surface area contributed by atoms with Crippen molar-refractivity contribution in [3.8, 4) is 11.3 Å². The predicted octanol–water partition coefficient (Wildman–Crippen LogP) is 2.89. The summed E-state index contributed by atoms with van der Waals surface area (Å²) in [5.74, 6) is 0.459. The molecule has 0 aliphatic carbocycles. The van der Waals surface area contributed by atoms with Crippen molar-refractivity contribution in [1.29, 1.82) is 0 Å². The van der Waals surface area contributed by atoms with Crippen molar-refractivity contribution in [2.24, 2.45) is 7.05 Å². The molecule has 5 rings (SSSR count). The van der Waals surface area contributed by atoms with Gasteiger partial charge in [-0.15, -0.1) is 0 Å². The van der Waals surface area contributed by atoms with Gasteiger partial charge in [0.25, 0.3) is 5.56 Å². The van der Waals surface area contributed by atoms with E-state index in [9.17, 15) is 27.6 Å². The number of nitrogens with zero attached hydrogens (tertiary/aromatic N) is 6. The highest BCUT2D eigenvalue weighted by Crippen LogP contribution is 2.32. The van der Waals surface area contributed by atoms with Crippen LogP contribution in [0.15, 0.2) is 50.6 Å². The molecule has 1 amide bonds. The van der Waals surface area contributed by atoms with Crippen LogP contribution in [0.5, 0.6) is 0 Å². The van der Waals surface area contributed by atoms with Crippen molar-refractivity contribution < 1.29 is 22.5 Å². The Kier molecular flexibility index (Phi) is 6.88. The molecular formula is C26H25F3N8O4. The van der Waals surface area contributed by atoms with Gasteiger partial charge in [-0.2, -0.15) is 13.2 Å². The van der Waals surface area contributed by atoms with Crippen LogP contribution in [-0.2, 0) is 24.6 Å². The lowest BCUT2D eigenvalue weighted by Crippen LogP contribution is -2.46. The zero-order valence-electron chi connectivity index (χ0n) is 22.4. The summed E-state index contributed by atoms with van der Waals surface area (Å²) in [5.41, 5.74) is -0.994. The van der Waals surface area contributed by atoms with Crippen molar-refractivity contribution >= 4 is 23.2 Å². The summed E-state index contributed by atoms with van der Waals surface area (Å²) >= 11 is 0. The molecule has 1 atom stereocenters. The Morgan fingerprint density at radius 2 is 1.98 bits per heavy atom. The van der Waals surface area contributed by atoms with E-state index in [0.717, 1.165) is 10.8 Å². The molecule has 5 heterocycles. The average molecular weight is 571 g/mol. The fourth-order valence-corrected chi connectivity index (χ4v) is 4.63. The Morgan fingerprint density at radius 3 is 2.63 bits per heavy atom. The number of carbonyl (C=O) groups excluding carboxylic acids is 1. The first-order valence-electron chi connectivity index (χ1n) is 12.4. The van der Waals surface area contributed by atoms with Gasteiger partial charge in [-0.1, -0.05) is 11.2 Å². The number of alkyl halides is 3. The van der Waals surface area contributed by atoms with Gasteiger partial charge in [-0.3, -0.25) is 23.7 Å². The van der Waals surface area contributed by atoms with Crippen molar-refractivity contribution in [1.82, 2.24) is 24.3 Å². The largest absolute Gasteiger partial charge is 0.433 e. The van der Waals surface area contributed by atoms with Gasteiger partial charge in [0.2, 0.25) is 5.91 Å². The van der Waals surface area contributed by atoms with Gasteiger partial charge in [0, 0.05) is 24.9 Å². The van der Waals surface area contributed by atoms with Crippen LogP contribution < -0.4 is 26.8 Å². The second-order valence-electron chi connectivity index (χ2n) is 9.62. The Hall–Kier alpha value is -4.95. The number of rotatable bonds is 6. The molecule has 4 aromatic rings. The van der Waals surface area contributed by atoms with Crippen molar-refractivity contribution in [3.63, 3.8) is 0 Å². The first-order chi connectivity index (χ1) is 19.3. The maximum atomic E-state index is 13.4. The molecule has 0 saturated heterocycles. The summed E-state index contributed by atoms with van der Waals surface area (Å²) in [6.45, 7) is 4.57. The SMILES string of the molecule is Cc1cc(Cn2c(=O)c3c(n(C)c2=O)NCN3[C@@H](C)C(=O)Nc2cccc(-c3cnc(C(F)(F)F)c(C)c3)n2)no1. The minimum Gasteiger partial charge on any atom is -0.361 e. The maximum Gasteiger partial charge on any atom is 0.433 e. The van der Waals surface area contributed by atoms with Crippen molar-refractivity contribution in [2.45, 2.75) is 39.5 Å². The van der Waals surface area contributed by atoms with E-state index in [2.05, 4.69) is 25.8 Å². The molecule has 1 aliphatic heterocycles. The van der Waals surface area contributed by atoms with Crippen LogP contribution in [0.25, 0.3) is 11.3 Å². The van der Waals surface area contributed by atoms with Gasteiger partial charge < -0.3 is 20.1 Å². The van der Waals surface area contributed by atoms with E-state index < -0.39 is 35.1 Å². The van der Waals surface area contributed by atoms with Crippen LogP contribution in [0, 0.1) is 13.8 Å². The van der Waals surface area contributed by atoms with Gasteiger partial charge >= 0.3 is 11.9 Å². The Balaban J connectivity index is 1.39. The summed E-state index contributed by atoms with van der Waals surface area (Å²) < 4.78 is 46.6. The van der Waals surface area contributed by atoms with Crippen LogP contribution in [-0.4, -0.2) is 42.9 Å². The van der Waals surface area contributed by atoms with Gasteiger partial charge in [0.05, 0.1) is 18.9 Å². The van der Waals surface area contributed by atoms with Gasteiger partial charge in [0.1, 0.15) is 40.5 Å². The quantitative estimate of drug-likeness (QED) is 0.358. The van der Waals surface area contributed by atoms with E-state index in [0.29, 0.717) is 22.7 Å². The van der Waals surface area contributed by atoms with E-state index in [-0.39, 0.29) is 36.1 Å². The Morgan fingerprint density at radius 1 is 1.22 bits per heavy atom. The third-order valence-electron chi connectivity index (χ3n) is 6.72. The minimum absolute atomic E-state index is 0.0567. The number of aryl methyl sites for hydroxylation is 2. The van der Waals surface area contributed by atoms with Crippen molar-refractivity contribution in [3.05, 3.63) is 80.1 Å². The smallest absolute Gasteiger partial charge is 0.361 e. The molecule has 214 valence electrons. The number of anilines is 3. The molecule has 2 N–H and O–H groups in total. The second kappa shape index (κ2) is 10.2. The average Bonchev–Trinajstić information content (AvgIpc) is 3.55. The van der Waals surface area contributed by atoms with E-state index in [1.807, 2.05) is 0 Å². The summed E-state index contributed by atoms with van der Waals surface area (Å²) in [6.07, 6.45) is -3.50. The van der Waals surface area contributed by atoms with Gasteiger partial charge in [-0.05, 0) is 44.5 Å². The number of carbonyl (C=O) groups is 1. The molecule has 1 aliphatic rings. The van der Waals surface area contributed by atoms with E-state index >= 15 is 0 Å². The van der Waals surface area contributed by atoms with Crippen molar-refractivity contribution in [2.75, 3.05) is 22.2 Å². The third-order valence-corrected chi connectivity index (χ3v) is 6.72. The summed E-state index contributed by atoms with van der Waals surface area (Å²) in [6, 6.07) is 6.79. The molecule has 41 heavy (non-hydrogen) atoms. The summed E-state index contributed by atoms with van der Waals surface area (Å²) in [4.78, 5) is 49.0. The van der Waals surface area contributed by atoms with Crippen LogP contribution in [0.1, 0.15) is 29.6 Å². The lowest BCUT2D eigenvalue weighted by molar-refractivity contribution is -0.141. The number of fused-ring (bicyclic) bond motifs is 1. The highest BCUT2D eigenvalue weighted by Gasteiger charge is 2.35. The number of pyridine rings is 2. The molecule has 4 aromatic heterocycles. The maximum absolute atomic E-state index is 13.4. The van der Waals surface area contributed by atoms with Crippen LogP contribution in [0.4, 0.5) is 30.5 Å². The number of hydrogen-bond acceptors (Lipinski definition) is 9. The Labute approximate surface area is 230 Å². The number of aromatic nitrogens is 5. The second-order valence-corrected chi connectivity index (χ2v) is 9.62. The van der Waals surface area contributed by atoms with Crippen LogP contribution >= 0.6 is 0 Å².